The zero-order valence-electron chi connectivity index (χ0n) is 11.5. The van der Waals surface area contributed by atoms with Gasteiger partial charge in [-0.25, -0.2) is 0 Å². The maximum Gasteiger partial charge on any atom is 0.305 e. The number of nitrogens with two attached hydrogens (primary N) is 1. The lowest BCUT2D eigenvalue weighted by molar-refractivity contribution is -0.139. The topological polar surface area (TPSA) is 102 Å². The van der Waals surface area contributed by atoms with E-state index in [1.54, 1.807) is 0 Å². The molecule has 0 spiro atoms. The first-order valence-electron chi connectivity index (χ1n) is 6.84. The molecule has 1 aliphatic heterocycles. The Bertz CT molecular complexity index is 314. The third-order valence-electron chi connectivity index (χ3n) is 3.72. The smallest absolute Gasteiger partial charge is 0.305 e. The highest BCUT2D eigenvalue weighted by molar-refractivity contribution is 5.83. The van der Waals surface area contributed by atoms with E-state index in [9.17, 15) is 9.59 Å². The molecule has 0 aromatic rings. The zero-order valence-corrected chi connectivity index (χ0v) is 11.5. The number of aliphatic carboxylic acids is 1. The van der Waals surface area contributed by atoms with Gasteiger partial charge in [-0.05, 0) is 19.3 Å². The predicted molar refractivity (Wildman–Crippen MR) is 70.6 cm³/mol. The number of carboxylic acid groups (broad SMARTS) is 1. The number of carbonyl (C=O) groups is 2. The molecular weight excluding hydrogens is 248 g/mol. The van der Waals surface area contributed by atoms with Crippen LogP contribution in [0.4, 0.5) is 0 Å². The number of hydrogen-bond donors (Lipinski definition) is 3. The highest BCUT2D eigenvalue weighted by Crippen LogP contribution is 2.29. The maximum absolute atomic E-state index is 12.4. The summed E-state index contributed by atoms with van der Waals surface area (Å²) in [5.41, 5.74) is 5.16. The molecule has 110 valence electrons. The van der Waals surface area contributed by atoms with Crippen molar-refractivity contribution < 1.29 is 19.4 Å². The summed E-state index contributed by atoms with van der Waals surface area (Å²) in [6, 6.07) is -0.318. The van der Waals surface area contributed by atoms with E-state index in [0.29, 0.717) is 32.5 Å². The van der Waals surface area contributed by atoms with E-state index in [1.807, 2.05) is 6.92 Å². The molecule has 0 bridgehead atoms. The van der Waals surface area contributed by atoms with Crippen molar-refractivity contribution in [3.8, 4) is 0 Å². The standard InChI is InChI=1S/C13H24N2O4/c1-2-3-10(8-11(16)17)15-12(18)13(9-14)4-6-19-7-5-13/h10H,2-9,14H2,1H3,(H,15,18)(H,16,17). The molecule has 1 atom stereocenters. The highest BCUT2D eigenvalue weighted by atomic mass is 16.5. The average Bonchev–Trinajstić information content (AvgIpc) is 2.39. The number of ether oxygens (including phenoxy) is 1. The number of rotatable bonds is 7. The van der Waals surface area contributed by atoms with Crippen molar-refractivity contribution in [3.05, 3.63) is 0 Å². The van der Waals surface area contributed by atoms with Crippen LogP contribution in [-0.2, 0) is 14.3 Å². The molecule has 1 fully saturated rings. The molecule has 0 aromatic carbocycles. The third kappa shape index (κ3) is 4.47. The largest absolute Gasteiger partial charge is 0.481 e. The van der Waals surface area contributed by atoms with Crippen LogP contribution in [0.2, 0.25) is 0 Å². The Morgan fingerprint density at radius 1 is 1.42 bits per heavy atom. The summed E-state index contributed by atoms with van der Waals surface area (Å²) >= 11 is 0. The maximum atomic E-state index is 12.4. The fourth-order valence-electron chi connectivity index (χ4n) is 2.41. The normalized spacial score (nSPS) is 19.7. The summed E-state index contributed by atoms with van der Waals surface area (Å²) in [5.74, 6) is -1.02. The summed E-state index contributed by atoms with van der Waals surface area (Å²) in [5, 5.41) is 11.7. The number of carboxylic acids is 1. The van der Waals surface area contributed by atoms with E-state index in [1.165, 1.54) is 0 Å². The van der Waals surface area contributed by atoms with Gasteiger partial charge in [0.2, 0.25) is 5.91 Å². The van der Waals surface area contributed by atoms with E-state index in [-0.39, 0.29) is 24.9 Å². The number of carbonyl (C=O) groups excluding carboxylic acids is 1. The Kier molecular flexibility index (Phi) is 6.24. The van der Waals surface area contributed by atoms with Gasteiger partial charge in [0.05, 0.1) is 11.8 Å². The summed E-state index contributed by atoms with van der Waals surface area (Å²) in [6.45, 7) is 3.30. The van der Waals surface area contributed by atoms with Gasteiger partial charge in [0.1, 0.15) is 0 Å². The van der Waals surface area contributed by atoms with E-state index >= 15 is 0 Å². The number of hydrogen-bond acceptors (Lipinski definition) is 4. The first-order chi connectivity index (χ1) is 9.04. The van der Waals surface area contributed by atoms with Gasteiger partial charge in [0.25, 0.3) is 0 Å². The van der Waals surface area contributed by atoms with Crippen LogP contribution in [0.15, 0.2) is 0 Å². The Morgan fingerprint density at radius 2 is 2.05 bits per heavy atom. The van der Waals surface area contributed by atoms with Crippen molar-refractivity contribution in [3.63, 3.8) is 0 Å². The molecule has 19 heavy (non-hydrogen) atoms. The Hall–Kier alpha value is -1.14. The van der Waals surface area contributed by atoms with Crippen LogP contribution in [0.3, 0.4) is 0 Å². The minimum atomic E-state index is -0.896. The van der Waals surface area contributed by atoms with Gasteiger partial charge in [-0.3, -0.25) is 9.59 Å². The van der Waals surface area contributed by atoms with Crippen molar-refractivity contribution in [1.29, 1.82) is 0 Å². The molecular formula is C13H24N2O4. The van der Waals surface area contributed by atoms with Crippen LogP contribution < -0.4 is 11.1 Å². The van der Waals surface area contributed by atoms with Gasteiger partial charge in [-0.2, -0.15) is 0 Å². The van der Waals surface area contributed by atoms with Gasteiger partial charge in [-0.1, -0.05) is 13.3 Å². The molecule has 1 unspecified atom stereocenters. The molecule has 1 heterocycles. The molecule has 0 saturated carbocycles. The highest BCUT2D eigenvalue weighted by Gasteiger charge is 2.39. The average molecular weight is 272 g/mol. The summed E-state index contributed by atoms with van der Waals surface area (Å²) < 4.78 is 5.26. The minimum Gasteiger partial charge on any atom is -0.481 e. The summed E-state index contributed by atoms with van der Waals surface area (Å²) in [6.07, 6.45) is 2.64. The van der Waals surface area contributed by atoms with E-state index in [4.69, 9.17) is 15.6 Å². The van der Waals surface area contributed by atoms with Crippen LogP contribution in [-0.4, -0.2) is 42.8 Å². The molecule has 1 aliphatic rings. The first-order valence-corrected chi connectivity index (χ1v) is 6.84. The second-order valence-corrected chi connectivity index (χ2v) is 5.15. The number of amides is 1. The Morgan fingerprint density at radius 3 is 2.53 bits per heavy atom. The van der Waals surface area contributed by atoms with E-state index < -0.39 is 11.4 Å². The quantitative estimate of drug-likeness (QED) is 0.626. The van der Waals surface area contributed by atoms with E-state index in [2.05, 4.69) is 5.32 Å². The molecule has 0 aliphatic carbocycles. The van der Waals surface area contributed by atoms with Gasteiger partial charge in [0, 0.05) is 25.8 Å². The predicted octanol–water partition coefficient (Wildman–Crippen LogP) is 0.502. The second kappa shape index (κ2) is 7.45. The molecule has 6 heteroatoms. The lowest BCUT2D eigenvalue weighted by Gasteiger charge is -2.35. The lowest BCUT2D eigenvalue weighted by atomic mass is 9.79. The lowest BCUT2D eigenvalue weighted by Crippen LogP contribution is -2.52. The zero-order chi connectivity index (χ0) is 14.3. The van der Waals surface area contributed by atoms with Crippen molar-refractivity contribution in [2.24, 2.45) is 11.1 Å². The van der Waals surface area contributed by atoms with Gasteiger partial charge in [0.15, 0.2) is 0 Å². The summed E-state index contributed by atoms with van der Waals surface area (Å²) in [4.78, 5) is 23.2. The van der Waals surface area contributed by atoms with Gasteiger partial charge >= 0.3 is 5.97 Å². The van der Waals surface area contributed by atoms with Crippen LogP contribution in [0, 0.1) is 5.41 Å². The molecule has 1 rings (SSSR count). The summed E-state index contributed by atoms with van der Waals surface area (Å²) in [7, 11) is 0. The Balaban J connectivity index is 2.65. The van der Waals surface area contributed by atoms with Crippen molar-refractivity contribution in [2.75, 3.05) is 19.8 Å². The molecule has 1 saturated heterocycles. The number of nitrogens with one attached hydrogen (secondary N) is 1. The van der Waals surface area contributed by atoms with Crippen LogP contribution >= 0.6 is 0 Å². The van der Waals surface area contributed by atoms with Crippen LogP contribution in [0.1, 0.15) is 39.0 Å². The fourth-order valence-corrected chi connectivity index (χ4v) is 2.41. The minimum absolute atomic E-state index is 0.0449. The molecule has 4 N–H and O–H groups in total. The molecule has 1 amide bonds. The van der Waals surface area contributed by atoms with Crippen LogP contribution in [0.5, 0.6) is 0 Å². The Labute approximate surface area is 113 Å². The molecule has 0 radical (unpaired) electrons. The van der Waals surface area contributed by atoms with E-state index in [0.717, 1.165) is 6.42 Å². The van der Waals surface area contributed by atoms with Crippen molar-refractivity contribution >= 4 is 11.9 Å². The first kappa shape index (κ1) is 15.9. The van der Waals surface area contributed by atoms with Crippen molar-refractivity contribution in [2.45, 2.75) is 45.1 Å². The molecule has 6 nitrogen and oxygen atoms in total. The second-order valence-electron chi connectivity index (χ2n) is 5.15. The van der Waals surface area contributed by atoms with Crippen LogP contribution in [0.25, 0.3) is 0 Å². The molecule has 0 aromatic heterocycles. The van der Waals surface area contributed by atoms with Gasteiger partial charge in [-0.15, -0.1) is 0 Å². The monoisotopic (exact) mass is 272 g/mol. The third-order valence-corrected chi connectivity index (χ3v) is 3.72. The van der Waals surface area contributed by atoms with Crippen molar-refractivity contribution in [1.82, 2.24) is 5.32 Å². The SMILES string of the molecule is CCCC(CC(=O)O)NC(=O)C1(CN)CCOCC1. The van der Waals surface area contributed by atoms with Gasteiger partial charge < -0.3 is 20.9 Å². The fraction of sp³-hybridized carbons (Fsp3) is 0.846.